The number of nitrogens with zero attached hydrogens (tertiary/aromatic N) is 3. The number of aliphatic hydroxyl groups is 1. The highest BCUT2D eigenvalue weighted by molar-refractivity contribution is 6.15. The van der Waals surface area contributed by atoms with Crippen molar-refractivity contribution in [1.82, 2.24) is 14.9 Å². The van der Waals surface area contributed by atoms with Crippen molar-refractivity contribution in [3.8, 4) is 0 Å². The van der Waals surface area contributed by atoms with Crippen LogP contribution in [0, 0.1) is 0 Å². The molecular weight excluding hydrogens is 394 g/mol. The number of aliphatic hydroxyl groups excluding tert-OH is 1. The van der Waals surface area contributed by atoms with Crippen LogP contribution >= 0.6 is 0 Å². The Morgan fingerprint density at radius 3 is 2.55 bits per heavy atom. The van der Waals surface area contributed by atoms with Crippen LogP contribution < -0.4 is 0 Å². The molecule has 1 amide bonds. The zero-order chi connectivity index (χ0) is 21.4. The molecule has 1 atom stereocenters. The zero-order valence-electron chi connectivity index (χ0n) is 16.3. The summed E-state index contributed by atoms with van der Waals surface area (Å²) < 4.78 is 5.71. The maximum Gasteiger partial charge on any atom is 0.290 e. The second-order valence-electron chi connectivity index (χ2n) is 7.18. The number of carbonyl (C=O) groups is 2. The van der Waals surface area contributed by atoms with Gasteiger partial charge in [0.25, 0.3) is 5.91 Å². The Labute approximate surface area is 177 Å². The molecular formula is C24H17N3O4. The fourth-order valence-electron chi connectivity index (χ4n) is 3.83. The summed E-state index contributed by atoms with van der Waals surface area (Å²) in [7, 11) is 0. The Morgan fingerprint density at radius 1 is 1.03 bits per heavy atom. The third-order valence-corrected chi connectivity index (χ3v) is 5.28. The van der Waals surface area contributed by atoms with Gasteiger partial charge in [-0.05, 0) is 42.0 Å². The largest absolute Gasteiger partial charge is 0.503 e. The molecule has 1 aliphatic rings. The van der Waals surface area contributed by atoms with E-state index >= 15 is 0 Å². The number of furan rings is 1. The van der Waals surface area contributed by atoms with Gasteiger partial charge >= 0.3 is 0 Å². The lowest BCUT2D eigenvalue weighted by Gasteiger charge is -2.26. The summed E-state index contributed by atoms with van der Waals surface area (Å²) in [6.07, 6.45) is 4.79. The predicted octanol–water partition coefficient (Wildman–Crippen LogP) is 4.00. The summed E-state index contributed by atoms with van der Waals surface area (Å²) in [6.45, 7) is 0.133. The molecule has 0 saturated carbocycles. The molecule has 0 fully saturated rings. The van der Waals surface area contributed by atoms with Gasteiger partial charge in [-0.25, -0.2) is 0 Å². The third-order valence-electron chi connectivity index (χ3n) is 5.28. The summed E-state index contributed by atoms with van der Waals surface area (Å²) in [5, 5.41) is 11.5. The minimum absolute atomic E-state index is 0.0220. The lowest BCUT2D eigenvalue weighted by molar-refractivity contribution is -0.130. The van der Waals surface area contributed by atoms with E-state index in [1.54, 1.807) is 55.0 Å². The fraction of sp³-hybridized carbons (Fsp3) is 0.0833. The molecule has 3 aromatic heterocycles. The number of hydrogen-bond donors (Lipinski definition) is 1. The van der Waals surface area contributed by atoms with Gasteiger partial charge in [0, 0.05) is 24.0 Å². The standard InChI is InChI=1S/C24H17N3O4/c28-22(19-13-16-5-1-2-7-18(16)31-19)20-21(15-8-11-25-12-9-15)27(24(30)23(20)29)14-17-6-3-4-10-26-17/h1-13,21,29H,14H2. The average Bonchev–Trinajstić information content (AvgIpc) is 3.35. The number of amides is 1. The predicted molar refractivity (Wildman–Crippen MR) is 112 cm³/mol. The minimum atomic E-state index is -0.793. The first-order valence-corrected chi connectivity index (χ1v) is 9.70. The molecule has 1 N–H and O–H groups in total. The van der Waals surface area contributed by atoms with Crippen molar-refractivity contribution in [1.29, 1.82) is 0 Å². The maximum atomic E-state index is 13.4. The normalized spacial score (nSPS) is 16.3. The Balaban J connectivity index is 1.59. The number of benzene rings is 1. The van der Waals surface area contributed by atoms with Crippen molar-refractivity contribution in [3.63, 3.8) is 0 Å². The van der Waals surface area contributed by atoms with Gasteiger partial charge in [-0.15, -0.1) is 0 Å². The van der Waals surface area contributed by atoms with Crippen LogP contribution in [0.5, 0.6) is 0 Å². The van der Waals surface area contributed by atoms with Crippen LogP contribution in [0.1, 0.15) is 27.9 Å². The van der Waals surface area contributed by atoms with Crippen molar-refractivity contribution in [2.45, 2.75) is 12.6 Å². The molecule has 0 aliphatic carbocycles. The van der Waals surface area contributed by atoms with Gasteiger partial charge in [-0.2, -0.15) is 0 Å². The molecule has 1 aliphatic heterocycles. The number of rotatable bonds is 5. The van der Waals surface area contributed by atoms with Gasteiger partial charge in [-0.3, -0.25) is 19.6 Å². The first-order valence-electron chi connectivity index (χ1n) is 9.70. The van der Waals surface area contributed by atoms with E-state index in [1.807, 2.05) is 24.3 Å². The van der Waals surface area contributed by atoms with Crippen molar-refractivity contribution in [2.24, 2.45) is 0 Å². The number of carbonyl (C=O) groups excluding carboxylic acids is 2. The van der Waals surface area contributed by atoms with Gasteiger partial charge < -0.3 is 14.4 Å². The zero-order valence-corrected chi connectivity index (χ0v) is 16.3. The Hall–Kier alpha value is -4.26. The van der Waals surface area contributed by atoms with Crippen LogP contribution in [0.15, 0.2) is 95.0 Å². The molecule has 7 nitrogen and oxygen atoms in total. The first-order chi connectivity index (χ1) is 15.1. The number of aromatic nitrogens is 2. The molecule has 31 heavy (non-hydrogen) atoms. The van der Waals surface area contributed by atoms with Crippen LogP contribution in [0.2, 0.25) is 0 Å². The van der Waals surface area contributed by atoms with E-state index in [0.29, 0.717) is 16.8 Å². The number of pyridine rings is 2. The lowest BCUT2D eigenvalue weighted by Crippen LogP contribution is -2.31. The summed E-state index contributed by atoms with van der Waals surface area (Å²) in [4.78, 5) is 36.2. The van der Waals surface area contributed by atoms with Crippen LogP contribution in [0.4, 0.5) is 0 Å². The van der Waals surface area contributed by atoms with E-state index in [9.17, 15) is 14.7 Å². The molecule has 0 radical (unpaired) electrons. The molecule has 1 aromatic carbocycles. The monoisotopic (exact) mass is 411 g/mol. The van der Waals surface area contributed by atoms with E-state index in [-0.39, 0.29) is 17.9 Å². The topological polar surface area (TPSA) is 96.5 Å². The van der Waals surface area contributed by atoms with Gasteiger partial charge in [-0.1, -0.05) is 24.3 Å². The molecule has 1 unspecified atom stereocenters. The van der Waals surface area contributed by atoms with Gasteiger partial charge in [0.05, 0.1) is 23.9 Å². The van der Waals surface area contributed by atoms with E-state index in [0.717, 1.165) is 5.39 Å². The Bertz CT molecular complexity index is 1280. The number of fused-ring (bicyclic) bond motifs is 1. The lowest BCUT2D eigenvalue weighted by atomic mass is 9.95. The summed E-state index contributed by atoms with van der Waals surface area (Å²) >= 11 is 0. The molecule has 152 valence electrons. The van der Waals surface area contributed by atoms with Gasteiger partial charge in [0.1, 0.15) is 5.58 Å². The number of para-hydroxylation sites is 1. The average molecular weight is 411 g/mol. The Kier molecular flexibility index (Phi) is 4.55. The smallest absolute Gasteiger partial charge is 0.290 e. The summed E-state index contributed by atoms with van der Waals surface area (Å²) in [5.41, 5.74) is 1.83. The molecule has 0 spiro atoms. The van der Waals surface area contributed by atoms with E-state index < -0.39 is 23.5 Å². The quantitative estimate of drug-likeness (QED) is 0.499. The minimum Gasteiger partial charge on any atom is -0.503 e. The maximum absolute atomic E-state index is 13.4. The van der Waals surface area contributed by atoms with Crippen molar-refractivity contribution < 1.29 is 19.1 Å². The first kappa shape index (κ1) is 18.7. The highest BCUT2D eigenvalue weighted by Gasteiger charge is 2.44. The molecule has 0 bridgehead atoms. The number of ketones is 1. The molecule has 4 aromatic rings. The highest BCUT2D eigenvalue weighted by Crippen LogP contribution is 2.40. The van der Waals surface area contributed by atoms with Gasteiger partial charge in [0.2, 0.25) is 5.78 Å². The number of Topliss-reactive ketones (excluding diaryl/α,β-unsaturated/α-hetero) is 1. The molecule has 5 rings (SSSR count). The molecule has 7 heteroatoms. The summed E-state index contributed by atoms with van der Waals surface area (Å²) in [5.74, 6) is -1.68. The summed E-state index contributed by atoms with van der Waals surface area (Å²) in [6, 6.07) is 16.9. The van der Waals surface area contributed by atoms with Crippen molar-refractivity contribution >= 4 is 22.7 Å². The Morgan fingerprint density at radius 2 is 1.81 bits per heavy atom. The van der Waals surface area contributed by atoms with Gasteiger partial charge in [0.15, 0.2) is 11.5 Å². The second-order valence-corrected chi connectivity index (χ2v) is 7.18. The van der Waals surface area contributed by atoms with Crippen LogP contribution in [0.3, 0.4) is 0 Å². The van der Waals surface area contributed by atoms with Crippen LogP contribution in [0.25, 0.3) is 11.0 Å². The van der Waals surface area contributed by atoms with Crippen molar-refractivity contribution in [3.05, 3.63) is 108 Å². The third kappa shape index (κ3) is 3.26. The van der Waals surface area contributed by atoms with E-state index in [1.165, 1.54) is 4.90 Å². The molecule has 4 heterocycles. The van der Waals surface area contributed by atoms with E-state index in [4.69, 9.17) is 4.42 Å². The number of hydrogen-bond acceptors (Lipinski definition) is 6. The van der Waals surface area contributed by atoms with Crippen molar-refractivity contribution in [2.75, 3.05) is 0 Å². The SMILES string of the molecule is O=C(C1=C(O)C(=O)N(Cc2ccccn2)C1c1ccncc1)c1cc2ccccc2o1. The van der Waals surface area contributed by atoms with Crippen LogP contribution in [-0.4, -0.2) is 31.7 Å². The van der Waals surface area contributed by atoms with E-state index in [2.05, 4.69) is 9.97 Å². The second kappa shape index (κ2) is 7.53. The fourth-order valence-corrected chi connectivity index (χ4v) is 3.83. The van der Waals surface area contributed by atoms with Crippen LogP contribution in [-0.2, 0) is 11.3 Å². The highest BCUT2D eigenvalue weighted by atomic mass is 16.3. The molecule has 0 saturated heterocycles.